The quantitative estimate of drug-likeness (QED) is 0.785. The van der Waals surface area contributed by atoms with Gasteiger partial charge in [-0.2, -0.15) is 5.26 Å². The number of methoxy groups -OCH3 is 1. The molecule has 1 aromatic carbocycles. The fourth-order valence-corrected chi connectivity index (χ4v) is 2.54. The summed E-state index contributed by atoms with van der Waals surface area (Å²) >= 11 is 1.46. The minimum atomic E-state index is -0.397. The first-order chi connectivity index (χ1) is 9.60. The Kier molecular flexibility index (Phi) is 6.96. The molecule has 0 heterocycles. The summed E-state index contributed by atoms with van der Waals surface area (Å²) in [6.07, 6.45) is 1.56. The smallest absolute Gasteiger partial charge is 0.234 e. The van der Waals surface area contributed by atoms with Crippen molar-refractivity contribution in [3.8, 4) is 11.8 Å². The molecule has 1 aromatic rings. The molecule has 4 nitrogen and oxygen atoms in total. The van der Waals surface area contributed by atoms with E-state index < -0.39 is 6.04 Å². The highest BCUT2D eigenvalue weighted by Gasteiger charge is 2.17. The molecule has 1 N–H and O–H groups in total. The Labute approximate surface area is 124 Å². The van der Waals surface area contributed by atoms with Crippen LogP contribution in [0.2, 0.25) is 0 Å². The Morgan fingerprint density at radius 1 is 1.45 bits per heavy atom. The van der Waals surface area contributed by atoms with Gasteiger partial charge in [0.2, 0.25) is 5.91 Å². The number of thioether (sulfide) groups is 1. The summed E-state index contributed by atoms with van der Waals surface area (Å²) in [7, 11) is 1.62. The highest BCUT2D eigenvalue weighted by molar-refractivity contribution is 8.00. The molecule has 0 unspecified atom stereocenters. The largest absolute Gasteiger partial charge is 0.497 e. The van der Waals surface area contributed by atoms with Gasteiger partial charge in [0.05, 0.1) is 18.4 Å². The van der Waals surface area contributed by atoms with Gasteiger partial charge in [0.1, 0.15) is 11.8 Å². The van der Waals surface area contributed by atoms with Gasteiger partial charge < -0.3 is 10.1 Å². The van der Waals surface area contributed by atoms with Gasteiger partial charge in [-0.1, -0.05) is 13.3 Å². The molecule has 0 radical (unpaired) electrons. The normalized spacial score (nSPS) is 13.1. The van der Waals surface area contributed by atoms with E-state index in [2.05, 4.69) is 11.4 Å². The highest BCUT2D eigenvalue weighted by Crippen LogP contribution is 2.25. The molecular weight excluding hydrogens is 272 g/mol. The molecule has 1 rings (SSSR count). The lowest BCUT2D eigenvalue weighted by Gasteiger charge is -2.15. The number of hydrogen-bond donors (Lipinski definition) is 1. The van der Waals surface area contributed by atoms with E-state index in [-0.39, 0.29) is 11.2 Å². The lowest BCUT2D eigenvalue weighted by molar-refractivity contribution is -0.120. The minimum absolute atomic E-state index is 0.106. The third-order valence-electron chi connectivity index (χ3n) is 2.79. The maximum atomic E-state index is 12.0. The summed E-state index contributed by atoms with van der Waals surface area (Å²) in [5.41, 5.74) is 0. The summed E-state index contributed by atoms with van der Waals surface area (Å²) < 4.78 is 5.09. The van der Waals surface area contributed by atoms with Crippen LogP contribution in [0.3, 0.4) is 0 Å². The number of carbonyl (C=O) groups excluding carboxylic acids is 1. The first-order valence-electron chi connectivity index (χ1n) is 6.61. The molecule has 20 heavy (non-hydrogen) atoms. The van der Waals surface area contributed by atoms with Crippen molar-refractivity contribution < 1.29 is 9.53 Å². The van der Waals surface area contributed by atoms with E-state index >= 15 is 0 Å². The van der Waals surface area contributed by atoms with E-state index in [0.29, 0.717) is 6.42 Å². The van der Waals surface area contributed by atoms with Crippen LogP contribution >= 0.6 is 11.8 Å². The minimum Gasteiger partial charge on any atom is -0.497 e. The number of hydrogen-bond acceptors (Lipinski definition) is 4. The number of carbonyl (C=O) groups is 1. The molecule has 0 aliphatic carbocycles. The molecule has 0 bridgehead atoms. The summed E-state index contributed by atoms with van der Waals surface area (Å²) in [5.74, 6) is 0.685. The van der Waals surface area contributed by atoms with Crippen LogP contribution in [-0.4, -0.2) is 24.3 Å². The first kappa shape index (κ1) is 16.4. The molecule has 1 amide bonds. The van der Waals surface area contributed by atoms with Crippen molar-refractivity contribution in [1.82, 2.24) is 5.32 Å². The van der Waals surface area contributed by atoms with Crippen LogP contribution in [0.4, 0.5) is 0 Å². The van der Waals surface area contributed by atoms with Gasteiger partial charge in [0.25, 0.3) is 0 Å². The van der Waals surface area contributed by atoms with E-state index in [9.17, 15) is 4.79 Å². The van der Waals surface area contributed by atoms with Gasteiger partial charge in [0.15, 0.2) is 0 Å². The van der Waals surface area contributed by atoms with Crippen LogP contribution in [0.25, 0.3) is 0 Å². The molecular formula is C15H20N2O2S. The molecule has 2 atom stereocenters. The van der Waals surface area contributed by atoms with Gasteiger partial charge in [0, 0.05) is 4.90 Å². The monoisotopic (exact) mass is 292 g/mol. The van der Waals surface area contributed by atoms with Crippen LogP contribution in [0.1, 0.15) is 26.7 Å². The van der Waals surface area contributed by atoms with Crippen molar-refractivity contribution in [3.63, 3.8) is 0 Å². The number of nitrogens with zero attached hydrogens (tertiary/aromatic N) is 1. The van der Waals surface area contributed by atoms with Crippen molar-refractivity contribution in [3.05, 3.63) is 24.3 Å². The van der Waals surface area contributed by atoms with Gasteiger partial charge in [-0.3, -0.25) is 4.79 Å². The van der Waals surface area contributed by atoms with Gasteiger partial charge in [-0.15, -0.1) is 11.8 Å². The van der Waals surface area contributed by atoms with Gasteiger partial charge in [-0.25, -0.2) is 0 Å². The Bertz CT molecular complexity index is 468. The van der Waals surface area contributed by atoms with E-state index in [0.717, 1.165) is 17.1 Å². The second-order valence-electron chi connectivity index (χ2n) is 4.41. The predicted molar refractivity (Wildman–Crippen MR) is 80.8 cm³/mol. The summed E-state index contributed by atoms with van der Waals surface area (Å²) in [6, 6.07) is 9.28. The molecule has 0 saturated carbocycles. The molecule has 0 spiro atoms. The number of amides is 1. The van der Waals surface area contributed by atoms with E-state index in [1.807, 2.05) is 38.1 Å². The SMILES string of the molecule is CCC[C@H](C#N)NC(=O)[C@@H](C)Sc1ccc(OC)cc1. The average molecular weight is 292 g/mol. The van der Waals surface area contributed by atoms with Crippen molar-refractivity contribution in [2.45, 2.75) is 42.9 Å². The summed E-state index contributed by atoms with van der Waals surface area (Å²) in [6.45, 7) is 3.83. The molecule has 0 saturated heterocycles. The number of nitriles is 1. The van der Waals surface area contributed by atoms with Crippen molar-refractivity contribution in [1.29, 1.82) is 5.26 Å². The Balaban J connectivity index is 2.54. The van der Waals surface area contributed by atoms with Crippen LogP contribution in [0.15, 0.2) is 29.2 Å². The first-order valence-corrected chi connectivity index (χ1v) is 7.49. The second-order valence-corrected chi connectivity index (χ2v) is 5.83. The van der Waals surface area contributed by atoms with Crippen LogP contribution in [0, 0.1) is 11.3 Å². The van der Waals surface area contributed by atoms with Crippen LogP contribution < -0.4 is 10.1 Å². The third kappa shape index (κ3) is 5.14. The Morgan fingerprint density at radius 3 is 2.60 bits per heavy atom. The zero-order chi connectivity index (χ0) is 15.0. The van der Waals surface area contributed by atoms with E-state index in [1.165, 1.54) is 11.8 Å². The zero-order valence-corrected chi connectivity index (χ0v) is 12.9. The lowest BCUT2D eigenvalue weighted by atomic mass is 10.2. The summed E-state index contributed by atoms with van der Waals surface area (Å²) in [4.78, 5) is 13.0. The Morgan fingerprint density at radius 2 is 2.10 bits per heavy atom. The number of nitrogens with one attached hydrogen (secondary N) is 1. The number of ether oxygens (including phenoxy) is 1. The topological polar surface area (TPSA) is 62.1 Å². The van der Waals surface area contributed by atoms with Crippen molar-refractivity contribution >= 4 is 17.7 Å². The molecule has 0 aliphatic rings. The molecule has 5 heteroatoms. The fraction of sp³-hybridized carbons (Fsp3) is 0.467. The zero-order valence-electron chi connectivity index (χ0n) is 12.1. The van der Waals surface area contributed by atoms with Gasteiger partial charge in [-0.05, 0) is 37.6 Å². The van der Waals surface area contributed by atoms with Crippen molar-refractivity contribution in [2.24, 2.45) is 0 Å². The molecule has 0 aliphatic heterocycles. The number of benzene rings is 1. The molecule has 108 valence electrons. The molecule has 0 fully saturated rings. The van der Waals surface area contributed by atoms with E-state index in [1.54, 1.807) is 7.11 Å². The van der Waals surface area contributed by atoms with Crippen LogP contribution in [0.5, 0.6) is 5.75 Å². The van der Waals surface area contributed by atoms with Gasteiger partial charge >= 0.3 is 0 Å². The van der Waals surface area contributed by atoms with Crippen LogP contribution in [-0.2, 0) is 4.79 Å². The average Bonchev–Trinajstić information content (AvgIpc) is 2.47. The maximum absolute atomic E-state index is 12.0. The number of rotatable bonds is 7. The molecule has 0 aromatic heterocycles. The maximum Gasteiger partial charge on any atom is 0.234 e. The predicted octanol–water partition coefficient (Wildman–Crippen LogP) is 2.98. The van der Waals surface area contributed by atoms with E-state index in [4.69, 9.17) is 10.00 Å². The fourth-order valence-electron chi connectivity index (χ4n) is 1.66. The highest BCUT2D eigenvalue weighted by atomic mass is 32.2. The standard InChI is InChI=1S/C15H20N2O2S/c1-4-5-12(10-16)17-15(18)11(2)20-14-8-6-13(19-3)7-9-14/h6-9,11-12H,4-5H2,1-3H3,(H,17,18)/t11-,12-/m1/s1. The third-order valence-corrected chi connectivity index (χ3v) is 3.90. The summed E-state index contributed by atoms with van der Waals surface area (Å²) in [5, 5.41) is 11.5. The lowest BCUT2D eigenvalue weighted by Crippen LogP contribution is -2.38. The second kappa shape index (κ2) is 8.49. The Hall–Kier alpha value is -1.67. The van der Waals surface area contributed by atoms with Crippen molar-refractivity contribution in [2.75, 3.05) is 7.11 Å².